The molecule has 0 unspecified atom stereocenters. The Hall–Kier alpha value is -3.36. The van der Waals surface area contributed by atoms with Crippen molar-refractivity contribution in [1.82, 2.24) is 19.9 Å². The van der Waals surface area contributed by atoms with E-state index in [0.29, 0.717) is 37.7 Å². The van der Waals surface area contributed by atoms with Crippen molar-refractivity contribution in [2.75, 3.05) is 29.9 Å². The van der Waals surface area contributed by atoms with E-state index in [1.54, 1.807) is 6.33 Å². The molecule has 0 spiro atoms. The fraction of sp³-hybridized carbons (Fsp3) is 0.240. The van der Waals surface area contributed by atoms with Crippen LogP contribution in [0.2, 0.25) is 0 Å². The van der Waals surface area contributed by atoms with Gasteiger partial charge in [-0.15, -0.1) is 0 Å². The van der Waals surface area contributed by atoms with Gasteiger partial charge in [0.15, 0.2) is 0 Å². The Kier molecular flexibility index (Phi) is 5.78. The van der Waals surface area contributed by atoms with Crippen molar-refractivity contribution in [3.05, 3.63) is 89.6 Å². The predicted octanol–water partition coefficient (Wildman–Crippen LogP) is 3.91. The molecule has 0 bridgehead atoms. The third kappa shape index (κ3) is 4.72. The largest absolute Gasteiger partial charge is 0.365 e. The van der Waals surface area contributed by atoms with Crippen molar-refractivity contribution in [3.8, 4) is 0 Å². The number of anilines is 1. The average Bonchev–Trinajstić information content (AvgIpc) is 3.17. The number of hydrogen-bond donors (Lipinski definition) is 2. The molecule has 2 N–H and O–H groups in total. The molecule has 3 aromatic rings. The zero-order valence-corrected chi connectivity index (χ0v) is 19.1. The number of aromatic nitrogens is 3. The highest BCUT2D eigenvalue weighted by Crippen LogP contribution is 2.41. The van der Waals surface area contributed by atoms with Crippen molar-refractivity contribution >= 4 is 32.8 Å². The Morgan fingerprint density at radius 3 is 2.58 bits per heavy atom. The maximum absolute atomic E-state index is 11.9. The second kappa shape index (κ2) is 8.88. The molecule has 2 aliphatic rings. The molecule has 1 aliphatic heterocycles. The van der Waals surface area contributed by atoms with Gasteiger partial charge < -0.3 is 5.32 Å². The molecule has 0 atom stereocenters. The highest BCUT2D eigenvalue weighted by molar-refractivity contribution is 7.92. The second-order valence-electron chi connectivity index (χ2n) is 8.39. The number of pyridine rings is 1. The minimum Gasteiger partial charge on any atom is -0.365 e. The van der Waals surface area contributed by atoms with Gasteiger partial charge in [-0.25, -0.2) is 14.2 Å². The van der Waals surface area contributed by atoms with Crippen LogP contribution in [0.15, 0.2) is 61.6 Å². The highest BCUT2D eigenvalue weighted by atomic mass is 32.2. The Morgan fingerprint density at radius 2 is 1.85 bits per heavy atom. The number of rotatable bonds is 6. The first-order valence-electron chi connectivity index (χ1n) is 10.9. The van der Waals surface area contributed by atoms with E-state index in [1.165, 1.54) is 5.56 Å². The van der Waals surface area contributed by atoms with Crippen LogP contribution in [0.5, 0.6) is 0 Å². The summed E-state index contributed by atoms with van der Waals surface area (Å²) in [7, 11) is -2.38. The van der Waals surface area contributed by atoms with Gasteiger partial charge in [0.1, 0.15) is 12.1 Å². The maximum atomic E-state index is 11.9. The molecule has 168 valence electrons. The standard InChI is InChI=1S/C25H26N6OS/c1-18-22(20-7-8-21(27-15-20)16-31-9-11-33(26,32)12-10-31)13-23-24(18)25(30-17-29-23)28-14-19-5-3-2-4-6-19/h2-8,13,15,17,26H,1,9-12,14,16H2,(H,28,29,30). The summed E-state index contributed by atoms with van der Waals surface area (Å²) in [5, 5.41) is 3.42. The summed E-state index contributed by atoms with van der Waals surface area (Å²) < 4.78 is 19.6. The molecule has 1 saturated heterocycles. The Balaban J connectivity index is 1.28. The van der Waals surface area contributed by atoms with Gasteiger partial charge in [-0.3, -0.25) is 14.7 Å². The van der Waals surface area contributed by atoms with Gasteiger partial charge in [0.05, 0.1) is 11.4 Å². The number of fused-ring (bicyclic) bond motifs is 1. The third-order valence-electron chi connectivity index (χ3n) is 6.08. The molecule has 8 heteroatoms. The summed E-state index contributed by atoms with van der Waals surface area (Å²) in [6.45, 7) is 7.07. The molecule has 1 fully saturated rings. The normalized spacial score (nSPS) is 17.5. The molecular formula is C25H26N6OS. The van der Waals surface area contributed by atoms with Crippen LogP contribution in [0, 0.1) is 4.78 Å². The smallest absolute Gasteiger partial charge is 0.138 e. The lowest BCUT2D eigenvalue weighted by Gasteiger charge is -2.27. The van der Waals surface area contributed by atoms with Crippen molar-refractivity contribution in [1.29, 1.82) is 4.78 Å². The topological polar surface area (TPSA) is 94.9 Å². The molecular weight excluding hydrogens is 432 g/mol. The van der Waals surface area contributed by atoms with Crippen LogP contribution < -0.4 is 5.32 Å². The summed E-state index contributed by atoms with van der Waals surface area (Å²) in [4.78, 5) is 15.8. The van der Waals surface area contributed by atoms with Crippen LogP contribution in [0.25, 0.3) is 17.2 Å². The number of nitrogens with zero attached hydrogens (tertiary/aromatic N) is 4. The van der Waals surface area contributed by atoms with Crippen molar-refractivity contribution in [2.45, 2.75) is 13.1 Å². The molecule has 1 aromatic carbocycles. The van der Waals surface area contributed by atoms with Crippen LogP contribution in [0.1, 0.15) is 28.1 Å². The van der Waals surface area contributed by atoms with E-state index in [2.05, 4.69) is 49.9 Å². The summed E-state index contributed by atoms with van der Waals surface area (Å²) >= 11 is 0. The Morgan fingerprint density at radius 1 is 1.06 bits per heavy atom. The van der Waals surface area contributed by atoms with E-state index in [9.17, 15) is 4.21 Å². The molecule has 5 rings (SSSR count). The summed E-state index contributed by atoms with van der Waals surface area (Å²) in [5.41, 5.74) is 6.81. The molecule has 0 radical (unpaired) electrons. The zero-order valence-electron chi connectivity index (χ0n) is 18.3. The van der Waals surface area contributed by atoms with Gasteiger partial charge in [-0.05, 0) is 28.9 Å². The van der Waals surface area contributed by atoms with E-state index in [1.807, 2.05) is 36.5 Å². The zero-order chi connectivity index (χ0) is 22.8. The monoisotopic (exact) mass is 458 g/mol. The number of hydrogen-bond acceptors (Lipinski definition) is 7. The quantitative estimate of drug-likeness (QED) is 0.582. The molecule has 3 heterocycles. The van der Waals surface area contributed by atoms with E-state index in [4.69, 9.17) is 4.78 Å². The lowest BCUT2D eigenvalue weighted by atomic mass is 10.0. The van der Waals surface area contributed by atoms with Crippen LogP contribution in [0.4, 0.5) is 5.82 Å². The van der Waals surface area contributed by atoms with Gasteiger partial charge in [0, 0.05) is 64.7 Å². The van der Waals surface area contributed by atoms with E-state index >= 15 is 0 Å². The Bertz CT molecular complexity index is 1300. The van der Waals surface area contributed by atoms with Gasteiger partial charge in [-0.2, -0.15) is 0 Å². The summed E-state index contributed by atoms with van der Waals surface area (Å²) in [5.74, 6) is 1.66. The Labute approximate surface area is 194 Å². The van der Waals surface area contributed by atoms with Gasteiger partial charge in [0.25, 0.3) is 0 Å². The fourth-order valence-corrected chi connectivity index (χ4v) is 5.48. The van der Waals surface area contributed by atoms with E-state index < -0.39 is 9.73 Å². The van der Waals surface area contributed by atoms with Gasteiger partial charge in [-0.1, -0.05) is 43.0 Å². The lowest BCUT2D eigenvalue weighted by Crippen LogP contribution is -2.39. The van der Waals surface area contributed by atoms with E-state index in [-0.39, 0.29) is 0 Å². The fourth-order valence-electron chi connectivity index (χ4n) is 4.17. The highest BCUT2D eigenvalue weighted by Gasteiger charge is 2.24. The first-order chi connectivity index (χ1) is 16.0. The average molecular weight is 459 g/mol. The molecule has 2 aromatic heterocycles. The number of allylic oxidation sites excluding steroid dienone is 2. The minimum atomic E-state index is -2.38. The first-order valence-corrected chi connectivity index (χ1v) is 12.8. The molecule has 33 heavy (non-hydrogen) atoms. The molecule has 1 aliphatic carbocycles. The second-order valence-corrected chi connectivity index (χ2v) is 10.8. The number of nitrogens with one attached hydrogen (secondary N) is 2. The van der Waals surface area contributed by atoms with Crippen LogP contribution >= 0.6 is 0 Å². The number of benzene rings is 1. The third-order valence-corrected chi connectivity index (χ3v) is 7.77. The lowest BCUT2D eigenvalue weighted by molar-refractivity contribution is 0.287. The molecule has 0 saturated carbocycles. The van der Waals surface area contributed by atoms with Crippen molar-refractivity contribution in [2.24, 2.45) is 0 Å². The van der Waals surface area contributed by atoms with Crippen LogP contribution in [0.3, 0.4) is 0 Å². The molecule has 7 nitrogen and oxygen atoms in total. The van der Waals surface area contributed by atoms with Crippen molar-refractivity contribution < 1.29 is 4.21 Å². The van der Waals surface area contributed by atoms with Gasteiger partial charge in [0.2, 0.25) is 0 Å². The minimum absolute atomic E-state index is 0.442. The van der Waals surface area contributed by atoms with Crippen LogP contribution in [-0.4, -0.2) is 48.7 Å². The van der Waals surface area contributed by atoms with Gasteiger partial charge >= 0.3 is 0 Å². The predicted molar refractivity (Wildman–Crippen MR) is 133 cm³/mol. The SMILES string of the molecule is C=C1C(c2ccc(CN3CCS(=N)(=O)CC3)nc2)=Cc2ncnc(NCc3ccccc3)c21. The summed E-state index contributed by atoms with van der Waals surface area (Å²) in [6.07, 6.45) is 5.49. The maximum Gasteiger partial charge on any atom is 0.138 e. The van der Waals surface area contributed by atoms with Crippen LogP contribution in [-0.2, 0) is 22.8 Å². The first kappa shape index (κ1) is 21.5. The molecule has 0 amide bonds. The van der Waals surface area contributed by atoms with Crippen molar-refractivity contribution in [3.63, 3.8) is 0 Å². The van der Waals surface area contributed by atoms with E-state index in [0.717, 1.165) is 39.5 Å². The summed E-state index contributed by atoms with van der Waals surface area (Å²) in [6, 6.07) is 14.3.